The summed E-state index contributed by atoms with van der Waals surface area (Å²) in [7, 11) is 0. The second kappa shape index (κ2) is 8.09. The van der Waals surface area contributed by atoms with Crippen LogP contribution in [0.4, 0.5) is 5.69 Å². The zero-order valence-corrected chi connectivity index (χ0v) is 15.9. The van der Waals surface area contributed by atoms with Crippen molar-refractivity contribution in [2.45, 2.75) is 24.3 Å². The zero-order valence-electron chi connectivity index (χ0n) is 15.0. The van der Waals surface area contributed by atoms with Crippen molar-refractivity contribution in [3.63, 3.8) is 0 Å². The molecule has 0 bridgehead atoms. The molecule has 2 aromatic carbocycles. The van der Waals surface area contributed by atoms with Gasteiger partial charge in [0.1, 0.15) is 0 Å². The fraction of sp³-hybridized carbons (Fsp3) is 0.150. The first-order valence-electron chi connectivity index (χ1n) is 8.42. The standard InChI is InChI=1S/C20H20N4O2S/c1-13-4-3-5-17(12-13)24-11-10-22-20(24)27-14(2)19(26)23-16-8-6-15(7-9-16)18(21)25/h3-12,14H,1-2H3,(H2,21,25)(H,23,26). The van der Waals surface area contributed by atoms with Gasteiger partial charge in [-0.3, -0.25) is 14.2 Å². The number of hydrogen-bond acceptors (Lipinski definition) is 4. The highest BCUT2D eigenvalue weighted by atomic mass is 32.2. The molecule has 1 heterocycles. The molecule has 7 heteroatoms. The van der Waals surface area contributed by atoms with Gasteiger partial charge in [-0.2, -0.15) is 0 Å². The maximum absolute atomic E-state index is 12.5. The van der Waals surface area contributed by atoms with Gasteiger partial charge < -0.3 is 11.1 Å². The van der Waals surface area contributed by atoms with E-state index in [0.29, 0.717) is 11.3 Å². The van der Waals surface area contributed by atoms with Gasteiger partial charge in [-0.25, -0.2) is 4.98 Å². The van der Waals surface area contributed by atoms with Crippen molar-refractivity contribution in [2.24, 2.45) is 5.73 Å². The molecule has 0 fully saturated rings. The topological polar surface area (TPSA) is 90.0 Å². The van der Waals surface area contributed by atoms with E-state index in [0.717, 1.165) is 16.4 Å². The number of anilines is 1. The number of amides is 2. The molecule has 3 rings (SSSR count). The highest BCUT2D eigenvalue weighted by molar-refractivity contribution is 8.00. The van der Waals surface area contributed by atoms with Crippen LogP contribution in [-0.2, 0) is 4.79 Å². The molecule has 0 spiro atoms. The molecular weight excluding hydrogens is 360 g/mol. The molecule has 0 aliphatic carbocycles. The molecule has 0 aliphatic heterocycles. The number of aromatic nitrogens is 2. The molecule has 3 N–H and O–H groups in total. The molecule has 0 radical (unpaired) electrons. The van der Waals surface area contributed by atoms with Crippen LogP contribution in [0.1, 0.15) is 22.8 Å². The Bertz CT molecular complexity index is 966. The van der Waals surface area contributed by atoms with Gasteiger partial charge in [0.25, 0.3) is 0 Å². The predicted octanol–water partition coefficient (Wildman–Crippen LogP) is 3.40. The molecule has 6 nitrogen and oxygen atoms in total. The Kier molecular flexibility index (Phi) is 5.61. The number of rotatable bonds is 6. The minimum absolute atomic E-state index is 0.148. The quantitative estimate of drug-likeness (QED) is 0.641. The summed E-state index contributed by atoms with van der Waals surface area (Å²) in [5, 5.41) is 3.23. The van der Waals surface area contributed by atoms with Crippen molar-refractivity contribution in [2.75, 3.05) is 5.32 Å². The summed E-state index contributed by atoms with van der Waals surface area (Å²) in [4.78, 5) is 28.0. The third kappa shape index (κ3) is 4.57. The van der Waals surface area contributed by atoms with Gasteiger partial charge in [0.05, 0.1) is 5.25 Å². The minimum atomic E-state index is -0.500. The average Bonchev–Trinajstić information content (AvgIpc) is 3.10. The lowest BCUT2D eigenvalue weighted by atomic mass is 10.2. The molecule has 0 saturated heterocycles. The van der Waals surface area contributed by atoms with E-state index in [2.05, 4.69) is 16.4 Å². The Morgan fingerprint density at radius 3 is 2.59 bits per heavy atom. The normalized spacial score (nSPS) is 11.8. The number of nitrogens with two attached hydrogens (primary N) is 1. The first kappa shape index (κ1) is 18.7. The zero-order chi connectivity index (χ0) is 19.4. The monoisotopic (exact) mass is 380 g/mol. The van der Waals surface area contributed by atoms with Gasteiger partial charge in [-0.05, 0) is 55.8 Å². The Hall–Kier alpha value is -3.06. The maximum atomic E-state index is 12.5. The summed E-state index contributed by atoms with van der Waals surface area (Å²) >= 11 is 1.38. The first-order valence-corrected chi connectivity index (χ1v) is 9.30. The Labute approximate surface area is 161 Å². The number of hydrogen-bond donors (Lipinski definition) is 2. The van der Waals surface area contributed by atoms with E-state index in [-0.39, 0.29) is 11.2 Å². The van der Waals surface area contributed by atoms with E-state index >= 15 is 0 Å². The molecule has 2 amide bonds. The molecule has 1 aromatic heterocycles. The van der Waals surface area contributed by atoms with Crippen LogP contribution in [0.25, 0.3) is 5.69 Å². The summed E-state index contributed by atoms with van der Waals surface area (Å²) in [6.07, 6.45) is 3.60. The van der Waals surface area contributed by atoms with Gasteiger partial charge in [0.15, 0.2) is 5.16 Å². The number of primary amides is 1. The lowest BCUT2D eigenvalue weighted by molar-refractivity contribution is -0.115. The second-order valence-corrected chi connectivity index (χ2v) is 7.42. The van der Waals surface area contributed by atoms with Gasteiger partial charge in [-0.1, -0.05) is 23.9 Å². The number of aryl methyl sites for hydroxylation is 1. The average molecular weight is 380 g/mol. The van der Waals surface area contributed by atoms with Crippen molar-refractivity contribution < 1.29 is 9.59 Å². The summed E-state index contributed by atoms with van der Waals surface area (Å²) < 4.78 is 1.96. The molecular formula is C20H20N4O2S. The molecule has 27 heavy (non-hydrogen) atoms. The van der Waals surface area contributed by atoms with Crippen LogP contribution in [-0.4, -0.2) is 26.6 Å². The number of thioether (sulfide) groups is 1. The fourth-order valence-electron chi connectivity index (χ4n) is 2.52. The van der Waals surface area contributed by atoms with Gasteiger partial charge >= 0.3 is 0 Å². The lowest BCUT2D eigenvalue weighted by Crippen LogP contribution is -2.23. The van der Waals surface area contributed by atoms with Crippen LogP contribution in [0.2, 0.25) is 0 Å². The van der Waals surface area contributed by atoms with Crippen LogP contribution >= 0.6 is 11.8 Å². The molecule has 1 atom stereocenters. The van der Waals surface area contributed by atoms with Crippen LogP contribution in [0, 0.1) is 6.92 Å². The van der Waals surface area contributed by atoms with E-state index in [4.69, 9.17) is 5.73 Å². The third-order valence-corrected chi connectivity index (χ3v) is 5.06. The van der Waals surface area contributed by atoms with E-state index in [1.54, 1.807) is 30.5 Å². The van der Waals surface area contributed by atoms with Crippen molar-refractivity contribution in [3.8, 4) is 5.69 Å². The smallest absolute Gasteiger partial charge is 0.248 e. The van der Waals surface area contributed by atoms with E-state index in [1.807, 2.05) is 42.8 Å². The van der Waals surface area contributed by atoms with E-state index in [1.165, 1.54) is 11.8 Å². The Morgan fingerprint density at radius 1 is 1.19 bits per heavy atom. The maximum Gasteiger partial charge on any atom is 0.248 e. The molecule has 0 aliphatic rings. The summed E-state index contributed by atoms with van der Waals surface area (Å²) in [6, 6.07) is 14.6. The highest BCUT2D eigenvalue weighted by Crippen LogP contribution is 2.25. The largest absolute Gasteiger partial charge is 0.366 e. The Morgan fingerprint density at radius 2 is 1.93 bits per heavy atom. The number of nitrogens with one attached hydrogen (secondary N) is 1. The third-order valence-electron chi connectivity index (χ3n) is 3.97. The summed E-state index contributed by atoms with van der Waals surface area (Å²) in [5.41, 5.74) is 8.39. The SMILES string of the molecule is Cc1cccc(-n2ccnc2SC(C)C(=O)Nc2ccc(C(N)=O)cc2)c1. The summed E-state index contributed by atoms with van der Waals surface area (Å²) in [6.45, 7) is 3.86. The molecule has 1 unspecified atom stereocenters. The minimum Gasteiger partial charge on any atom is -0.366 e. The molecule has 138 valence electrons. The number of carbonyl (C=O) groups excluding carboxylic acids is 2. The van der Waals surface area contributed by atoms with Crippen molar-refractivity contribution in [1.29, 1.82) is 0 Å². The molecule has 3 aromatic rings. The van der Waals surface area contributed by atoms with Crippen LogP contribution in [0.5, 0.6) is 0 Å². The van der Waals surface area contributed by atoms with E-state index in [9.17, 15) is 9.59 Å². The fourth-order valence-corrected chi connectivity index (χ4v) is 3.41. The van der Waals surface area contributed by atoms with Crippen LogP contribution < -0.4 is 11.1 Å². The first-order chi connectivity index (χ1) is 12.9. The van der Waals surface area contributed by atoms with Crippen LogP contribution in [0.15, 0.2) is 66.1 Å². The lowest BCUT2D eigenvalue weighted by Gasteiger charge is -2.13. The number of carbonyl (C=O) groups is 2. The number of imidazole rings is 1. The molecule has 0 saturated carbocycles. The van der Waals surface area contributed by atoms with Gasteiger partial charge in [0.2, 0.25) is 11.8 Å². The Balaban J connectivity index is 1.69. The van der Waals surface area contributed by atoms with Gasteiger partial charge in [-0.15, -0.1) is 0 Å². The number of benzene rings is 2. The number of nitrogens with zero attached hydrogens (tertiary/aromatic N) is 2. The van der Waals surface area contributed by atoms with Crippen molar-refractivity contribution in [1.82, 2.24) is 9.55 Å². The second-order valence-electron chi connectivity index (χ2n) is 6.11. The van der Waals surface area contributed by atoms with Crippen molar-refractivity contribution >= 4 is 29.3 Å². The van der Waals surface area contributed by atoms with E-state index < -0.39 is 5.91 Å². The van der Waals surface area contributed by atoms with Crippen molar-refractivity contribution in [3.05, 3.63) is 72.1 Å². The van der Waals surface area contributed by atoms with Gasteiger partial charge in [0, 0.05) is 29.3 Å². The summed E-state index contributed by atoms with van der Waals surface area (Å²) in [5.74, 6) is -0.648. The van der Waals surface area contributed by atoms with Crippen LogP contribution in [0.3, 0.4) is 0 Å². The highest BCUT2D eigenvalue weighted by Gasteiger charge is 2.18. The predicted molar refractivity (Wildman–Crippen MR) is 107 cm³/mol.